The van der Waals surface area contributed by atoms with Gasteiger partial charge in [0.05, 0.1) is 0 Å². The molecule has 1 saturated carbocycles. The van der Waals surface area contributed by atoms with Gasteiger partial charge in [-0.3, -0.25) is 9.69 Å². The Labute approximate surface area is 114 Å². The number of hydrogen-bond acceptors (Lipinski definition) is 2. The maximum absolute atomic E-state index is 13.3. The number of aromatic nitrogens is 1. The van der Waals surface area contributed by atoms with Crippen LogP contribution in [-0.4, -0.2) is 16.9 Å². The summed E-state index contributed by atoms with van der Waals surface area (Å²) in [5.41, 5.74) is 0.126. The molecular weight excluding hydrogens is 262 g/mol. The molecule has 102 valence electrons. The summed E-state index contributed by atoms with van der Waals surface area (Å²) in [7, 11) is 0. The van der Waals surface area contributed by atoms with E-state index in [1.807, 2.05) is 0 Å². The van der Waals surface area contributed by atoms with Crippen molar-refractivity contribution in [3.8, 4) is 0 Å². The molecule has 0 unspecified atom stereocenters. The highest BCUT2D eigenvalue weighted by Crippen LogP contribution is 2.32. The van der Waals surface area contributed by atoms with Crippen molar-refractivity contribution >= 4 is 11.7 Å². The number of anilines is 1. The van der Waals surface area contributed by atoms with Crippen molar-refractivity contribution in [1.29, 1.82) is 0 Å². The number of halogens is 2. The average Bonchev–Trinajstić information content (AvgIpc) is 3.28. The first-order chi connectivity index (χ1) is 9.66. The molecule has 1 aliphatic carbocycles. The van der Waals surface area contributed by atoms with Crippen LogP contribution < -0.4 is 4.90 Å². The van der Waals surface area contributed by atoms with Crippen molar-refractivity contribution < 1.29 is 13.6 Å². The van der Waals surface area contributed by atoms with E-state index in [0.717, 1.165) is 25.0 Å². The van der Waals surface area contributed by atoms with Crippen LogP contribution in [0.2, 0.25) is 0 Å². The zero-order chi connectivity index (χ0) is 14.1. The van der Waals surface area contributed by atoms with Gasteiger partial charge < -0.3 is 0 Å². The normalized spacial score (nSPS) is 14.1. The predicted molar refractivity (Wildman–Crippen MR) is 70.4 cm³/mol. The molecule has 2 aromatic rings. The van der Waals surface area contributed by atoms with Crippen LogP contribution in [0.1, 0.15) is 23.2 Å². The number of pyridine rings is 1. The van der Waals surface area contributed by atoms with Crippen molar-refractivity contribution in [1.82, 2.24) is 4.98 Å². The smallest absolute Gasteiger partial charge is 0.259 e. The predicted octanol–water partition coefficient (Wildman–Crippen LogP) is 3.17. The second kappa shape index (κ2) is 5.00. The zero-order valence-corrected chi connectivity index (χ0v) is 10.6. The topological polar surface area (TPSA) is 33.2 Å². The van der Waals surface area contributed by atoms with E-state index in [9.17, 15) is 13.6 Å². The summed E-state index contributed by atoms with van der Waals surface area (Å²) in [5, 5.41) is 0. The van der Waals surface area contributed by atoms with Gasteiger partial charge in [0.1, 0.15) is 5.82 Å². The van der Waals surface area contributed by atoms with Gasteiger partial charge in [-0.25, -0.2) is 13.8 Å². The molecular formula is C15H12F2N2O. The fraction of sp³-hybridized carbons (Fsp3) is 0.200. The van der Waals surface area contributed by atoms with E-state index >= 15 is 0 Å². The van der Waals surface area contributed by atoms with Gasteiger partial charge in [-0.1, -0.05) is 6.07 Å². The minimum Gasteiger partial charge on any atom is -0.290 e. The highest BCUT2D eigenvalue weighted by molar-refractivity contribution is 6.06. The van der Waals surface area contributed by atoms with E-state index in [1.165, 1.54) is 6.07 Å². The Morgan fingerprint density at radius 3 is 2.55 bits per heavy atom. The zero-order valence-electron chi connectivity index (χ0n) is 10.6. The van der Waals surface area contributed by atoms with Crippen molar-refractivity contribution in [3.63, 3.8) is 0 Å². The minimum absolute atomic E-state index is 0.0884. The summed E-state index contributed by atoms with van der Waals surface area (Å²) in [6.45, 7) is 0. The average molecular weight is 274 g/mol. The Kier molecular flexibility index (Phi) is 3.18. The molecule has 0 saturated heterocycles. The molecule has 1 amide bonds. The minimum atomic E-state index is -1.02. The van der Waals surface area contributed by atoms with E-state index in [1.54, 1.807) is 29.3 Å². The molecule has 20 heavy (non-hydrogen) atoms. The van der Waals surface area contributed by atoms with Gasteiger partial charge in [0.25, 0.3) is 5.91 Å². The number of hydrogen-bond donors (Lipinski definition) is 0. The summed E-state index contributed by atoms with van der Waals surface area (Å²) < 4.78 is 26.2. The van der Waals surface area contributed by atoms with Gasteiger partial charge >= 0.3 is 0 Å². The lowest BCUT2D eigenvalue weighted by molar-refractivity contribution is 0.0984. The molecule has 3 nitrogen and oxygen atoms in total. The van der Waals surface area contributed by atoms with Crippen LogP contribution in [0, 0.1) is 11.6 Å². The van der Waals surface area contributed by atoms with Gasteiger partial charge in [0.2, 0.25) is 0 Å². The maximum atomic E-state index is 13.3. The summed E-state index contributed by atoms with van der Waals surface area (Å²) in [6.07, 6.45) is 3.39. The largest absolute Gasteiger partial charge is 0.290 e. The highest BCUT2D eigenvalue weighted by atomic mass is 19.2. The van der Waals surface area contributed by atoms with Crippen molar-refractivity contribution in [2.75, 3.05) is 4.90 Å². The summed E-state index contributed by atoms with van der Waals surface area (Å²) in [4.78, 5) is 18.2. The van der Waals surface area contributed by atoms with Crippen molar-refractivity contribution in [2.45, 2.75) is 18.9 Å². The molecule has 0 N–H and O–H groups in total. The van der Waals surface area contributed by atoms with Gasteiger partial charge in [0.15, 0.2) is 11.6 Å². The first-order valence-electron chi connectivity index (χ1n) is 6.36. The third-order valence-electron chi connectivity index (χ3n) is 3.19. The van der Waals surface area contributed by atoms with Crippen molar-refractivity contribution in [2.24, 2.45) is 0 Å². The fourth-order valence-electron chi connectivity index (χ4n) is 2.05. The lowest BCUT2D eigenvalue weighted by Crippen LogP contribution is -2.33. The van der Waals surface area contributed by atoms with E-state index in [4.69, 9.17) is 0 Å². The highest BCUT2D eigenvalue weighted by Gasteiger charge is 2.35. The SMILES string of the molecule is O=C(c1ccc(F)c(F)c1)N(c1ccccn1)C1CC1. The van der Waals surface area contributed by atoms with Crippen LogP contribution in [0.25, 0.3) is 0 Å². The van der Waals surface area contributed by atoms with E-state index < -0.39 is 11.6 Å². The van der Waals surface area contributed by atoms with E-state index in [0.29, 0.717) is 5.82 Å². The Bertz CT molecular complexity index is 642. The Balaban J connectivity index is 1.95. The molecule has 1 aromatic carbocycles. The monoisotopic (exact) mass is 274 g/mol. The Morgan fingerprint density at radius 1 is 1.15 bits per heavy atom. The molecule has 0 aliphatic heterocycles. The van der Waals surface area contributed by atoms with Crippen LogP contribution >= 0.6 is 0 Å². The summed E-state index contributed by atoms with van der Waals surface area (Å²) in [6, 6.07) is 8.55. The van der Waals surface area contributed by atoms with Crippen LogP contribution in [-0.2, 0) is 0 Å². The van der Waals surface area contributed by atoms with Crippen LogP contribution in [0.15, 0.2) is 42.6 Å². The molecule has 0 spiro atoms. The van der Waals surface area contributed by atoms with Crippen LogP contribution in [0.5, 0.6) is 0 Å². The molecule has 3 rings (SSSR count). The molecule has 1 fully saturated rings. The van der Waals surface area contributed by atoms with Gasteiger partial charge in [-0.2, -0.15) is 0 Å². The maximum Gasteiger partial charge on any atom is 0.259 e. The number of carbonyl (C=O) groups excluding carboxylic acids is 1. The van der Waals surface area contributed by atoms with Crippen LogP contribution in [0.4, 0.5) is 14.6 Å². The van der Waals surface area contributed by atoms with Crippen molar-refractivity contribution in [3.05, 3.63) is 59.8 Å². The first-order valence-corrected chi connectivity index (χ1v) is 6.36. The quantitative estimate of drug-likeness (QED) is 0.861. The Hall–Kier alpha value is -2.30. The number of nitrogens with zero attached hydrogens (tertiary/aromatic N) is 2. The molecule has 1 aromatic heterocycles. The molecule has 0 bridgehead atoms. The van der Waals surface area contributed by atoms with Crippen LogP contribution in [0.3, 0.4) is 0 Å². The number of rotatable bonds is 3. The molecule has 1 heterocycles. The molecule has 0 atom stereocenters. The Morgan fingerprint density at radius 2 is 1.95 bits per heavy atom. The molecule has 0 radical (unpaired) electrons. The summed E-state index contributed by atoms with van der Waals surface area (Å²) in [5.74, 6) is -1.81. The number of benzene rings is 1. The second-order valence-corrected chi connectivity index (χ2v) is 4.72. The third kappa shape index (κ3) is 2.39. The number of amides is 1. The van der Waals surface area contributed by atoms with Gasteiger partial charge in [-0.15, -0.1) is 0 Å². The lowest BCUT2D eigenvalue weighted by Gasteiger charge is -2.21. The summed E-state index contributed by atoms with van der Waals surface area (Å²) >= 11 is 0. The first kappa shape index (κ1) is 12.7. The second-order valence-electron chi connectivity index (χ2n) is 4.72. The van der Waals surface area contributed by atoms with E-state index in [2.05, 4.69) is 4.98 Å². The van der Waals surface area contributed by atoms with E-state index in [-0.39, 0.29) is 17.5 Å². The molecule has 1 aliphatic rings. The van der Waals surface area contributed by atoms with Gasteiger partial charge in [0, 0.05) is 17.8 Å². The third-order valence-corrected chi connectivity index (χ3v) is 3.19. The fourth-order valence-corrected chi connectivity index (χ4v) is 2.05. The molecule has 5 heteroatoms. The van der Waals surface area contributed by atoms with Gasteiger partial charge in [-0.05, 0) is 43.2 Å². The lowest BCUT2D eigenvalue weighted by atomic mass is 10.2. The number of carbonyl (C=O) groups is 1. The standard InChI is InChI=1S/C15H12F2N2O/c16-12-7-4-10(9-13(12)17)15(20)19(11-5-6-11)14-3-1-2-8-18-14/h1-4,7-9,11H,5-6H2.